The van der Waals surface area contributed by atoms with Gasteiger partial charge in [0.25, 0.3) is 0 Å². The number of ether oxygens (including phenoxy) is 1. The number of hydrogen-bond donors (Lipinski definition) is 1. The van der Waals surface area contributed by atoms with Gasteiger partial charge in [0.2, 0.25) is 0 Å². The zero-order valence-electron chi connectivity index (χ0n) is 10.7. The number of hydrogen-bond acceptors (Lipinski definition) is 3. The number of methoxy groups -OCH3 is 1. The standard InChI is InChI=1S/C11H23N3OS/c1-9(8-15-4)12-11(16)14-6-5-13(3)10(2)7-14/h9-10H,5-8H2,1-4H3,(H,12,16). The molecule has 0 aliphatic carbocycles. The van der Waals surface area contributed by atoms with Gasteiger partial charge in [0, 0.05) is 38.8 Å². The summed E-state index contributed by atoms with van der Waals surface area (Å²) in [7, 11) is 3.87. The molecule has 0 amide bonds. The molecule has 2 unspecified atom stereocenters. The third-order valence-corrected chi connectivity index (χ3v) is 3.41. The van der Waals surface area contributed by atoms with Crippen molar-refractivity contribution in [1.29, 1.82) is 0 Å². The van der Waals surface area contributed by atoms with Gasteiger partial charge in [-0.3, -0.25) is 0 Å². The molecular weight excluding hydrogens is 222 g/mol. The average molecular weight is 245 g/mol. The van der Waals surface area contributed by atoms with Gasteiger partial charge in [-0.2, -0.15) is 0 Å². The topological polar surface area (TPSA) is 27.7 Å². The molecule has 0 spiro atoms. The van der Waals surface area contributed by atoms with Gasteiger partial charge in [0.15, 0.2) is 5.11 Å². The summed E-state index contributed by atoms with van der Waals surface area (Å²) in [6.07, 6.45) is 0. The molecular formula is C11H23N3OS. The largest absolute Gasteiger partial charge is 0.383 e. The summed E-state index contributed by atoms with van der Waals surface area (Å²) in [5.41, 5.74) is 0. The van der Waals surface area contributed by atoms with Crippen LogP contribution in [0.2, 0.25) is 0 Å². The maximum atomic E-state index is 5.40. The van der Waals surface area contributed by atoms with Crippen LogP contribution in [0.15, 0.2) is 0 Å². The summed E-state index contributed by atoms with van der Waals surface area (Å²) in [5.74, 6) is 0. The van der Waals surface area contributed by atoms with Gasteiger partial charge in [-0.1, -0.05) is 0 Å². The normalized spacial score (nSPS) is 24.2. The fourth-order valence-electron chi connectivity index (χ4n) is 1.83. The number of rotatable bonds is 3. The Morgan fingerprint density at radius 3 is 2.81 bits per heavy atom. The molecule has 0 bridgehead atoms. The van der Waals surface area contributed by atoms with Crippen LogP contribution in [0, 0.1) is 0 Å². The Hall–Kier alpha value is -0.390. The maximum absolute atomic E-state index is 5.40. The SMILES string of the molecule is COCC(C)NC(=S)N1CCN(C)C(C)C1. The molecule has 0 aromatic carbocycles. The van der Waals surface area contributed by atoms with E-state index in [4.69, 9.17) is 17.0 Å². The summed E-state index contributed by atoms with van der Waals surface area (Å²) in [5, 5.41) is 4.15. The van der Waals surface area contributed by atoms with Gasteiger partial charge in [-0.25, -0.2) is 0 Å². The number of nitrogens with zero attached hydrogens (tertiary/aromatic N) is 2. The Bertz CT molecular complexity index is 237. The minimum absolute atomic E-state index is 0.271. The van der Waals surface area contributed by atoms with Crippen LogP contribution in [0.4, 0.5) is 0 Å². The van der Waals surface area contributed by atoms with E-state index >= 15 is 0 Å². The molecule has 4 nitrogen and oxygen atoms in total. The lowest BCUT2D eigenvalue weighted by atomic mass is 10.2. The molecule has 0 radical (unpaired) electrons. The lowest BCUT2D eigenvalue weighted by Crippen LogP contribution is -2.55. The Labute approximate surface area is 104 Å². The van der Waals surface area contributed by atoms with Gasteiger partial charge < -0.3 is 19.9 Å². The second-order valence-electron chi connectivity index (χ2n) is 4.58. The van der Waals surface area contributed by atoms with Crippen LogP contribution in [-0.2, 0) is 4.74 Å². The summed E-state index contributed by atoms with van der Waals surface area (Å²) in [6, 6.07) is 0.832. The highest BCUT2D eigenvalue weighted by Crippen LogP contribution is 2.07. The van der Waals surface area contributed by atoms with Crippen molar-refractivity contribution in [2.75, 3.05) is 40.4 Å². The first-order chi connectivity index (χ1) is 7.54. The van der Waals surface area contributed by atoms with E-state index < -0.39 is 0 Å². The molecule has 1 heterocycles. The third-order valence-electron chi connectivity index (χ3n) is 3.03. The highest BCUT2D eigenvalue weighted by molar-refractivity contribution is 7.80. The molecule has 0 saturated carbocycles. The molecule has 1 aliphatic rings. The smallest absolute Gasteiger partial charge is 0.169 e. The predicted molar refractivity (Wildman–Crippen MR) is 70.7 cm³/mol. The lowest BCUT2D eigenvalue weighted by Gasteiger charge is -2.39. The Morgan fingerprint density at radius 2 is 2.25 bits per heavy atom. The number of likely N-dealkylation sites (N-methyl/N-ethyl adjacent to an activating group) is 1. The van der Waals surface area contributed by atoms with E-state index in [1.807, 2.05) is 0 Å². The molecule has 94 valence electrons. The average Bonchev–Trinajstić information content (AvgIpc) is 2.22. The Morgan fingerprint density at radius 1 is 1.56 bits per heavy atom. The molecule has 5 heteroatoms. The van der Waals surface area contributed by atoms with Crippen LogP contribution in [0.3, 0.4) is 0 Å². The molecule has 2 atom stereocenters. The first-order valence-electron chi connectivity index (χ1n) is 5.79. The highest BCUT2D eigenvalue weighted by atomic mass is 32.1. The van der Waals surface area contributed by atoms with E-state index in [0.29, 0.717) is 12.6 Å². The molecule has 0 aromatic heterocycles. The molecule has 1 fully saturated rings. The Kier molecular flexibility index (Phi) is 5.44. The summed E-state index contributed by atoms with van der Waals surface area (Å²) in [6.45, 7) is 8.07. The fraction of sp³-hybridized carbons (Fsp3) is 0.909. The quantitative estimate of drug-likeness (QED) is 0.732. The lowest BCUT2D eigenvalue weighted by molar-refractivity contribution is 0.147. The Balaban J connectivity index is 2.37. The molecule has 1 rings (SSSR count). The van der Waals surface area contributed by atoms with Gasteiger partial charge >= 0.3 is 0 Å². The predicted octanol–water partition coefficient (Wildman–Crippen LogP) is 0.532. The van der Waals surface area contributed by atoms with Crippen molar-refractivity contribution in [2.45, 2.75) is 25.9 Å². The van der Waals surface area contributed by atoms with Gasteiger partial charge in [-0.05, 0) is 33.1 Å². The zero-order valence-corrected chi connectivity index (χ0v) is 11.5. The third kappa shape index (κ3) is 3.88. The summed E-state index contributed by atoms with van der Waals surface area (Å²) in [4.78, 5) is 4.60. The van der Waals surface area contributed by atoms with Crippen molar-refractivity contribution in [3.05, 3.63) is 0 Å². The second kappa shape index (κ2) is 6.37. The van der Waals surface area contributed by atoms with Gasteiger partial charge in [0.1, 0.15) is 0 Å². The van der Waals surface area contributed by atoms with Gasteiger partial charge in [0.05, 0.1) is 6.61 Å². The minimum atomic E-state index is 0.271. The van der Waals surface area contributed by atoms with Crippen LogP contribution < -0.4 is 5.32 Å². The van der Waals surface area contributed by atoms with Crippen molar-refractivity contribution < 1.29 is 4.74 Å². The first kappa shape index (κ1) is 13.7. The van der Waals surface area contributed by atoms with E-state index in [1.165, 1.54) is 0 Å². The molecule has 16 heavy (non-hydrogen) atoms. The number of nitrogens with one attached hydrogen (secondary N) is 1. The molecule has 1 N–H and O–H groups in total. The van der Waals surface area contributed by atoms with Gasteiger partial charge in [-0.15, -0.1) is 0 Å². The van der Waals surface area contributed by atoms with Crippen LogP contribution in [0.25, 0.3) is 0 Å². The van der Waals surface area contributed by atoms with E-state index in [-0.39, 0.29) is 6.04 Å². The van der Waals surface area contributed by atoms with Crippen LogP contribution in [-0.4, -0.2) is 67.4 Å². The van der Waals surface area contributed by atoms with Crippen LogP contribution >= 0.6 is 12.2 Å². The zero-order chi connectivity index (χ0) is 12.1. The summed E-state index contributed by atoms with van der Waals surface area (Å²) < 4.78 is 5.08. The molecule has 0 aromatic rings. The molecule has 1 aliphatic heterocycles. The van der Waals surface area contributed by atoms with E-state index in [9.17, 15) is 0 Å². The maximum Gasteiger partial charge on any atom is 0.169 e. The van der Waals surface area contributed by atoms with Crippen molar-refractivity contribution in [2.24, 2.45) is 0 Å². The van der Waals surface area contributed by atoms with E-state index in [1.54, 1.807) is 7.11 Å². The van der Waals surface area contributed by atoms with Crippen molar-refractivity contribution in [3.8, 4) is 0 Å². The van der Waals surface area contributed by atoms with E-state index in [2.05, 4.69) is 36.0 Å². The van der Waals surface area contributed by atoms with Crippen LogP contribution in [0.5, 0.6) is 0 Å². The second-order valence-corrected chi connectivity index (χ2v) is 4.97. The number of thiocarbonyl (C=S) groups is 1. The van der Waals surface area contributed by atoms with E-state index in [0.717, 1.165) is 24.7 Å². The van der Waals surface area contributed by atoms with Crippen LogP contribution in [0.1, 0.15) is 13.8 Å². The number of piperazine rings is 1. The van der Waals surface area contributed by atoms with Crippen molar-refractivity contribution in [3.63, 3.8) is 0 Å². The monoisotopic (exact) mass is 245 g/mol. The fourth-order valence-corrected chi connectivity index (χ4v) is 2.19. The highest BCUT2D eigenvalue weighted by Gasteiger charge is 2.22. The first-order valence-corrected chi connectivity index (χ1v) is 6.20. The van der Waals surface area contributed by atoms with Crippen molar-refractivity contribution in [1.82, 2.24) is 15.1 Å². The summed E-state index contributed by atoms with van der Waals surface area (Å²) >= 11 is 5.40. The van der Waals surface area contributed by atoms with Crippen molar-refractivity contribution >= 4 is 17.3 Å². The minimum Gasteiger partial charge on any atom is -0.383 e. The molecule has 1 saturated heterocycles.